The molecular weight excluding hydrogens is 228 g/mol. The summed E-state index contributed by atoms with van der Waals surface area (Å²) in [5.41, 5.74) is 7.11. The Bertz CT molecular complexity index is 658. The van der Waals surface area contributed by atoms with Crippen LogP contribution >= 0.6 is 11.6 Å². The van der Waals surface area contributed by atoms with Gasteiger partial charge in [-0.3, -0.25) is 5.10 Å². The SMILES string of the molecule is Nc1cc(-c2cccc3n[nH]c(Cl)c23)on1. The largest absolute Gasteiger partial charge is 0.381 e. The van der Waals surface area contributed by atoms with Crippen LogP contribution < -0.4 is 5.73 Å². The molecule has 0 aliphatic heterocycles. The van der Waals surface area contributed by atoms with Crippen LogP contribution in [-0.2, 0) is 0 Å². The predicted molar refractivity (Wildman–Crippen MR) is 61.0 cm³/mol. The quantitative estimate of drug-likeness (QED) is 0.678. The smallest absolute Gasteiger partial charge is 0.169 e. The fourth-order valence-electron chi connectivity index (χ4n) is 1.65. The van der Waals surface area contributed by atoms with E-state index in [9.17, 15) is 0 Å². The highest BCUT2D eigenvalue weighted by atomic mass is 35.5. The summed E-state index contributed by atoms with van der Waals surface area (Å²) >= 11 is 6.02. The van der Waals surface area contributed by atoms with Crippen LogP contribution in [0.5, 0.6) is 0 Å². The number of fused-ring (bicyclic) bond motifs is 1. The summed E-state index contributed by atoms with van der Waals surface area (Å²) in [5, 5.41) is 11.7. The van der Waals surface area contributed by atoms with Gasteiger partial charge < -0.3 is 10.3 Å². The van der Waals surface area contributed by atoms with Crippen molar-refractivity contribution in [2.75, 3.05) is 5.73 Å². The van der Waals surface area contributed by atoms with Gasteiger partial charge in [-0.25, -0.2) is 0 Å². The van der Waals surface area contributed by atoms with E-state index in [4.69, 9.17) is 21.9 Å². The van der Waals surface area contributed by atoms with Crippen LogP contribution in [-0.4, -0.2) is 15.4 Å². The molecule has 0 bridgehead atoms. The van der Waals surface area contributed by atoms with Crippen LogP contribution in [0.2, 0.25) is 5.15 Å². The molecule has 16 heavy (non-hydrogen) atoms. The lowest BCUT2D eigenvalue weighted by Crippen LogP contribution is -1.80. The van der Waals surface area contributed by atoms with Gasteiger partial charge in [0.1, 0.15) is 5.15 Å². The zero-order valence-electron chi connectivity index (χ0n) is 8.07. The van der Waals surface area contributed by atoms with Gasteiger partial charge in [0.15, 0.2) is 11.6 Å². The first-order valence-corrected chi connectivity index (χ1v) is 4.98. The molecule has 0 fully saturated rings. The average Bonchev–Trinajstić information content (AvgIpc) is 2.86. The lowest BCUT2D eigenvalue weighted by atomic mass is 10.1. The van der Waals surface area contributed by atoms with Crippen LogP contribution in [0.15, 0.2) is 28.8 Å². The lowest BCUT2D eigenvalue weighted by molar-refractivity contribution is 0.436. The summed E-state index contributed by atoms with van der Waals surface area (Å²) in [5.74, 6) is 0.915. The number of nitrogens with two attached hydrogens (primary N) is 1. The number of nitrogens with one attached hydrogen (secondary N) is 1. The molecule has 3 aromatic rings. The summed E-state index contributed by atoms with van der Waals surface area (Å²) in [6.45, 7) is 0. The fraction of sp³-hybridized carbons (Fsp3) is 0. The number of H-pyrrole nitrogens is 1. The van der Waals surface area contributed by atoms with Crippen molar-refractivity contribution in [1.29, 1.82) is 0 Å². The molecule has 0 spiro atoms. The maximum Gasteiger partial charge on any atom is 0.169 e. The Morgan fingerprint density at radius 1 is 1.38 bits per heavy atom. The highest BCUT2D eigenvalue weighted by Crippen LogP contribution is 2.32. The third-order valence-corrected chi connectivity index (χ3v) is 2.60. The van der Waals surface area contributed by atoms with E-state index in [0.29, 0.717) is 16.7 Å². The van der Waals surface area contributed by atoms with Crippen molar-refractivity contribution in [3.63, 3.8) is 0 Å². The molecule has 2 aromatic heterocycles. The first kappa shape index (κ1) is 9.23. The number of hydrogen-bond acceptors (Lipinski definition) is 4. The van der Waals surface area contributed by atoms with Gasteiger partial charge in [-0.2, -0.15) is 5.10 Å². The molecule has 6 heteroatoms. The van der Waals surface area contributed by atoms with E-state index < -0.39 is 0 Å². The van der Waals surface area contributed by atoms with Crippen molar-refractivity contribution in [3.8, 4) is 11.3 Å². The number of nitrogens with zero attached hydrogens (tertiary/aromatic N) is 2. The van der Waals surface area contributed by atoms with Crippen molar-refractivity contribution < 1.29 is 4.52 Å². The minimum atomic E-state index is 0.339. The number of anilines is 1. The summed E-state index contributed by atoms with van der Waals surface area (Å²) in [6.07, 6.45) is 0. The predicted octanol–water partition coefficient (Wildman–Crippen LogP) is 2.45. The lowest BCUT2D eigenvalue weighted by Gasteiger charge is -1.97. The number of aromatic amines is 1. The van der Waals surface area contributed by atoms with Crippen molar-refractivity contribution >= 4 is 28.3 Å². The van der Waals surface area contributed by atoms with Gasteiger partial charge in [0, 0.05) is 17.0 Å². The number of benzene rings is 1. The van der Waals surface area contributed by atoms with Gasteiger partial charge in [-0.1, -0.05) is 28.9 Å². The number of rotatable bonds is 1. The molecule has 0 atom stereocenters. The van der Waals surface area contributed by atoms with Crippen molar-refractivity contribution in [3.05, 3.63) is 29.4 Å². The van der Waals surface area contributed by atoms with Crippen LogP contribution in [0.25, 0.3) is 22.2 Å². The highest BCUT2D eigenvalue weighted by Gasteiger charge is 2.13. The topological polar surface area (TPSA) is 80.7 Å². The second-order valence-electron chi connectivity index (χ2n) is 3.35. The van der Waals surface area contributed by atoms with Crippen LogP contribution in [0.4, 0.5) is 5.82 Å². The highest BCUT2D eigenvalue weighted by molar-refractivity contribution is 6.35. The fourth-order valence-corrected chi connectivity index (χ4v) is 1.89. The zero-order valence-corrected chi connectivity index (χ0v) is 8.82. The molecule has 2 heterocycles. The second-order valence-corrected chi connectivity index (χ2v) is 3.73. The molecule has 3 N–H and O–H groups in total. The maximum atomic E-state index is 6.02. The van der Waals surface area contributed by atoms with Crippen LogP contribution in [0.3, 0.4) is 0 Å². The number of aromatic nitrogens is 3. The van der Waals surface area contributed by atoms with Crippen LogP contribution in [0, 0.1) is 0 Å². The third-order valence-electron chi connectivity index (χ3n) is 2.33. The van der Waals surface area contributed by atoms with E-state index in [2.05, 4.69) is 15.4 Å². The normalized spacial score (nSPS) is 11.1. The Balaban J connectivity index is 2.34. The first-order valence-electron chi connectivity index (χ1n) is 4.61. The molecule has 5 nitrogen and oxygen atoms in total. The van der Waals surface area contributed by atoms with E-state index in [0.717, 1.165) is 16.5 Å². The monoisotopic (exact) mass is 234 g/mol. The van der Waals surface area contributed by atoms with Gasteiger partial charge in [-0.05, 0) is 6.07 Å². The van der Waals surface area contributed by atoms with E-state index in [1.165, 1.54) is 0 Å². The molecule has 0 aliphatic carbocycles. The van der Waals surface area contributed by atoms with Crippen molar-refractivity contribution in [2.45, 2.75) is 0 Å². The molecule has 0 amide bonds. The number of nitrogen functional groups attached to an aromatic ring is 1. The summed E-state index contributed by atoms with van der Waals surface area (Å²) < 4.78 is 5.11. The molecule has 0 unspecified atom stereocenters. The molecule has 3 rings (SSSR count). The van der Waals surface area contributed by atoms with Crippen LogP contribution in [0.1, 0.15) is 0 Å². The molecule has 1 aromatic carbocycles. The Kier molecular flexibility index (Phi) is 1.87. The Hall–Kier alpha value is -2.01. The number of halogens is 1. The summed E-state index contributed by atoms with van der Waals surface area (Å²) in [6, 6.07) is 7.26. The van der Waals surface area contributed by atoms with E-state index in [1.54, 1.807) is 6.07 Å². The van der Waals surface area contributed by atoms with Gasteiger partial charge >= 0.3 is 0 Å². The van der Waals surface area contributed by atoms with Gasteiger partial charge in [-0.15, -0.1) is 0 Å². The van der Waals surface area contributed by atoms with E-state index in [-0.39, 0.29) is 0 Å². The molecule has 0 radical (unpaired) electrons. The molecule has 0 aliphatic rings. The Morgan fingerprint density at radius 2 is 2.25 bits per heavy atom. The van der Waals surface area contributed by atoms with Crippen molar-refractivity contribution in [1.82, 2.24) is 15.4 Å². The second kappa shape index (κ2) is 3.24. The Labute approximate surface area is 95.2 Å². The first-order chi connectivity index (χ1) is 7.75. The van der Waals surface area contributed by atoms with Gasteiger partial charge in [0.2, 0.25) is 0 Å². The van der Waals surface area contributed by atoms with Gasteiger partial charge in [0.25, 0.3) is 0 Å². The van der Waals surface area contributed by atoms with E-state index >= 15 is 0 Å². The zero-order chi connectivity index (χ0) is 11.1. The van der Waals surface area contributed by atoms with Crippen molar-refractivity contribution in [2.24, 2.45) is 0 Å². The minimum Gasteiger partial charge on any atom is -0.381 e. The van der Waals surface area contributed by atoms with Gasteiger partial charge in [0.05, 0.1) is 5.52 Å². The maximum absolute atomic E-state index is 6.02. The molecule has 0 saturated carbocycles. The molecule has 80 valence electrons. The van der Waals surface area contributed by atoms with E-state index in [1.807, 2.05) is 18.2 Å². The summed E-state index contributed by atoms with van der Waals surface area (Å²) in [4.78, 5) is 0. The molecular formula is C10H7ClN4O. The average molecular weight is 235 g/mol. The number of hydrogen-bond donors (Lipinski definition) is 2. The standard InChI is InChI=1S/C10H7ClN4O/c11-10-9-5(7-4-8(12)15-16-7)2-1-3-6(9)13-14-10/h1-4H,(H2,12,15)(H,13,14). The minimum absolute atomic E-state index is 0.339. The third kappa shape index (κ3) is 1.25. The molecule has 0 saturated heterocycles. The Morgan fingerprint density at radius 3 is 3.00 bits per heavy atom. The summed E-state index contributed by atoms with van der Waals surface area (Å²) in [7, 11) is 0.